The zero-order valence-corrected chi connectivity index (χ0v) is 9.23. The zero-order chi connectivity index (χ0) is 11.8. The van der Waals surface area contributed by atoms with Crippen molar-refractivity contribution in [1.29, 1.82) is 0 Å². The molecule has 5 heteroatoms. The number of rotatable bonds is 1. The Balaban J connectivity index is 1.84. The first kappa shape index (κ1) is 10.2. The Morgan fingerprint density at radius 3 is 3.12 bits per heavy atom. The van der Waals surface area contributed by atoms with Crippen LogP contribution in [0, 0.1) is 0 Å². The van der Waals surface area contributed by atoms with Crippen molar-refractivity contribution in [2.45, 2.75) is 12.5 Å². The Morgan fingerprint density at radius 2 is 2.35 bits per heavy atom. The lowest BCUT2D eigenvalue weighted by Crippen LogP contribution is -2.52. The van der Waals surface area contributed by atoms with Gasteiger partial charge in [0.15, 0.2) is 0 Å². The minimum Gasteiger partial charge on any atom is -0.327 e. The van der Waals surface area contributed by atoms with Crippen molar-refractivity contribution in [3.8, 4) is 0 Å². The molecule has 2 heterocycles. The van der Waals surface area contributed by atoms with E-state index in [2.05, 4.69) is 27.2 Å². The Bertz CT molecular complexity index is 535. The number of nitrogens with zero attached hydrogens (tertiary/aromatic N) is 2. The minimum absolute atomic E-state index is 0.0479. The highest BCUT2D eigenvalue weighted by molar-refractivity contribution is 5.89. The number of amides is 1. The summed E-state index contributed by atoms with van der Waals surface area (Å²) < 4.78 is 0. The fourth-order valence-electron chi connectivity index (χ4n) is 2.17. The zero-order valence-electron chi connectivity index (χ0n) is 9.23. The van der Waals surface area contributed by atoms with Crippen LogP contribution in [0.15, 0.2) is 30.4 Å². The van der Waals surface area contributed by atoms with Crippen LogP contribution < -0.4 is 10.6 Å². The second kappa shape index (κ2) is 3.78. The molecule has 5 nitrogen and oxygen atoms in total. The van der Waals surface area contributed by atoms with Gasteiger partial charge in [-0.3, -0.25) is 10.1 Å². The third-order valence-electron chi connectivity index (χ3n) is 2.99. The molecule has 0 radical (unpaired) electrons. The molecule has 86 valence electrons. The van der Waals surface area contributed by atoms with Gasteiger partial charge in [0.2, 0.25) is 5.91 Å². The van der Waals surface area contributed by atoms with Gasteiger partial charge in [-0.05, 0) is 11.6 Å². The van der Waals surface area contributed by atoms with E-state index in [9.17, 15) is 4.79 Å². The predicted molar refractivity (Wildman–Crippen MR) is 62.8 cm³/mol. The summed E-state index contributed by atoms with van der Waals surface area (Å²) in [5.41, 5.74) is 3.73. The van der Waals surface area contributed by atoms with Gasteiger partial charge in [-0.2, -0.15) is 0 Å². The van der Waals surface area contributed by atoms with Gasteiger partial charge in [0.05, 0.1) is 5.69 Å². The topological polar surface area (TPSA) is 66.9 Å². The van der Waals surface area contributed by atoms with E-state index in [0.717, 1.165) is 16.8 Å². The van der Waals surface area contributed by atoms with Crippen LogP contribution in [-0.2, 0) is 11.2 Å². The van der Waals surface area contributed by atoms with Crippen molar-refractivity contribution in [2.75, 3.05) is 6.54 Å². The van der Waals surface area contributed by atoms with Gasteiger partial charge in [-0.25, -0.2) is 9.97 Å². The van der Waals surface area contributed by atoms with E-state index in [-0.39, 0.29) is 11.9 Å². The van der Waals surface area contributed by atoms with Gasteiger partial charge in [-0.15, -0.1) is 0 Å². The normalized spacial score (nSPS) is 23.1. The molecule has 1 aromatic rings. The minimum atomic E-state index is -0.283. The molecule has 0 aromatic carbocycles. The SMILES string of the molecule is C=C1CNC(C2=Cc3cncnc3C2)C(=O)N1. The van der Waals surface area contributed by atoms with Crippen LogP contribution in [0.4, 0.5) is 0 Å². The molecular weight excluding hydrogens is 216 g/mol. The fraction of sp³-hybridized carbons (Fsp3) is 0.250. The van der Waals surface area contributed by atoms with Crippen molar-refractivity contribution < 1.29 is 4.79 Å². The van der Waals surface area contributed by atoms with Gasteiger partial charge in [0.25, 0.3) is 0 Å². The molecular formula is C12H12N4O. The standard InChI is InChI=1S/C12H12N4O/c1-7-4-14-11(12(17)16-7)8-2-9-5-13-6-15-10(9)3-8/h2,5-6,11,14H,1,3-4H2,(H,16,17). The number of nitrogens with one attached hydrogen (secondary N) is 2. The van der Waals surface area contributed by atoms with E-state index < -0.39 is 0 Å². The Kier molecular flexibility index (Phi) is 2.26. The van der Waals surface area contributed by atoms with Crippen LogP contribution in [0.2, 0.25) is 0 Å². The van der Waals surface area contributed by atoms with Gasteiger partial charge < -0.3 is 5.32 Å². The van der Waals surface area contributed by atoms with Crippen LogP contribution in [0.5, 0.6) is 0 Å². The molecule has 0 spiro atoms. The smallest absolute Gasteiger partial charge is 0.245 e. The van der Waals surface area contributed by atoms with Crippen LogP contribution >= 0.6 is 0 Å². The monoisotopic (exact) mass is 228 g/mol. The third kappa shape index (κ3) is 1.74. The summed E-state index contributed by atoms with van der Waals surface area (Å²) in [6, 6.07) is -0.283. The molecule has 17 heavy (non-hydrogen) atoms. The van der Waals surface area contributed by atoms with Gasteiger partial charge in [0, 0.05) is 30.4 Å². The Morgan fingerprint density at radius 1 is 1.47 bits per heavy atom. The molecule has 1 atom stereocenters. The van der Waals surface area contributed by atoms with Crippen molar-refractivity contribution in [3.63, 3.8) is 0 Å². The van der Waals surface area contributed by atoms with Crippen molar-refractivity contribution in [1.82, 2.24) is 20.6 Å². The highest BCUT2D eigenvalue weighted by Crippen LogP contribution is 2.25. The average Bonchev–Trinajstić information content (AvgIpc) is 2.72. The first-order valence-electron chi connectivity index (χ1n) is 5.45. The molecule has 2 N–H and O–H groups in total. The summed E-state index contributed by atoms with van der Waals surface area (Å²) in [4.78, 5) is 20.0. The van der Waals surface area contributed by atoms with Crippen molar-refractivity contribution >= 4 is 12.0 Å². The number of hydrogen-bond donors (Lipinski definition) is 2. The summed E-state index contributed by atoms with van der Waals surface area (Å²) in [7, 11) is 0. The van der Waals surface area contributed by atoms with Crippen LogP contribution in [0.3, 0.4) is 0 Å². The van der Waals surface area contributed by atoms with E-state index in [0.29, 0.717) is 18.7 Å². The van der Waals surface area contributed by atoms with E-state index in [4.69, 9.17) is 0 Å². The summed E-state index contributed by atoms with van der Waals surface area (Å²) in [5, 5.41) is 5.93. The number of hydrogen-bond acceptors (Lipinski definition) is 4. The van der Waals surface area contributed by atoms with Crippen LogP contribution in [0.25, 0.3) is 6.08 Å². The fourth-order valence-corrected chi connectivity index (χ4v) is 2.17. The molecule has 1 fully saturated rings. The van der Waals surface area contributed by atoms with Gasteiger partial charge >= 0.3 is 0 Å². The number of carbonyl (C=O) groups is 1. The van der Waals surface area contributed by atoms with Crippen LogP contribution in [0.1, 0.15) is 11.3 Å². The Labute approximate surface area is 98.7 Å². The van der Waals surface area contributed by atoms with Gasteiger partial charge in [0.1, 0.15) is 12.4 Å². The van der Waals surface area contributed by atoms with Crippen molar-refractivity contribution in [3.05, 3.63) is 41.6 Å². The maximum atomic E-state index is 11.8. The van der Waals surface area contributed by atoms with Crippen molar-refractivity contribution in [2.24, 2.45) is 0 Å². The van der Waals surface area contributed by atoms with E-state index in [1.54, 1.807) is 6.20 Å². The van der Waals surface area contributed by atoms with Gasteiger partial charge in [-0.1, -0.05) is 6.58 Å². The first-order valence-corrected chi connectivity index (χ1v) is 5.45. The lowest BCUT2D eigenvalue weighted by atomic mass is 10.0. The summed E-state index contributed by atoms with van der Waals surface area (Å²) in [6.07, 6.45) is 6.00. The molecule has 1 aliphatic heterocycles. The highest BCUT2D eigenvalue weighted by atomic mass is 16.2. The quantitative estimate of drug-likeness (QED) is 0.711. The summed E-state index contributed by atoms with van der Waals surface area (Å²) in [5.74, 6) is -0.0479. The number of aromatic nitrogens is 2. The molecule has 1 saturated heterocycles. The van der Waals surface area contributed by atoms with Crippen LogP contribution in [-0.4, -0.2) is 28.5 Å². The molecule has 1 aromatic heterocycles. The molecule has 2 aliphatic rings. The molecule has 0 saturated carbocycles. The number of fused-ring (bicyclic) bond motifs is 1. The molecule has 1 aliphatic carbocycles. The summed E-state index contributed by atoms with van der Waals surface area (Å²) in [6.45, 7) is 4.34. The summed E-state index contributed by atoms with van der Waals surface area (Å²) >= 11 is 0. The molecule has 1 unspecified atom stereocenters. The lowest BCUT2D eigenvalue weighted by molar-refractivity contribution is -0.122. The average molecular weight is 228 g/mol. The molecule has 1 amide bonds. The van der Waals surface area contributed by atoms with E-state index >= 15 is 0 Å². The maximum Gasteiger partial charge on any atom is 0.245 e. The maximum absolute atomic E-state index is 11.8. The Hall–Kier alpha value is -2.01. The molecule has 0 bridgehead atoms. The highest BCUT2D eigenvalue weighted by Gasteiger charge is 2.29. The second-order valence-corrected chi connectivity index (χ2v) is 4.23. The predicted octanol–water partition coefficient (Wildman–Crippen LogP) is 0.0178. The molecule has 3 rings (SSSR count). The third-order valence-corrected chi connectivity index (χ3v) is 2.99. The number of carbonyl (C=O) groups excluding carboxylic acids is 1. The van der Waals surface area contributed by atoms with E-state index in [1.807, 2.05) is 6.08 Å². The largest absolute Gasteiger partial charge is 0.327 e. The number of piperazine rings is 1. The lowest BCUT2D eigenvalue weighted by Gasteiger charge is -2.25. The van der Waals surface area contributed by atoms with E-state index in [1.165, 1.54) is 6.33 Å². The second-order valence-electron chi connectivity index (χ2n) is 4.23. The first-order chi connectivity index (χ1) is 8.24.